The van der Waals surface area contributed by atoms with Crippen molar-refractivity contribution >= 4 is 17.5 Å². The fraction of sp³-hybridized carbons (Fsp3) is 0.583. The molecular formula is C12H18ClN7. The second kappa shape index (κ2) is 6.60. The summed E-state index contributed by atoms with van der Waals surface area (Å²) in [6, 6.07) is 0. The molecule has 0 unspecified atom stereocenters. The van der Waals surface area contributed by atoms with E-state index in [0.29, 0.717) is 11.9 Å². The molecule has 0 spiro atoms. The lowest BCUT2D eigenvalue weighted by Crippen LogP contribution is -2.12. The van der Waals surface area contributed by atoms with Crippen LogP contribution in [0.25, 0.3) is 5.95 Å². The Morgan fingerprint density at radius 3 is 2.50 bits per heavy atom. The van der Waals surface area contributed by atoms with Crippen LogP contribution in [-0.2, 0) is 12.8 Å². The minimum atomic E-state index is 0.143. The quantitative estimate of drug-likeness (QED) is 0.878. The molecule has 0 aromatic carbocycles. The lowest BCUT2D eigenvalue weighted by molar-refractivity contribution is 0.735. The third-order valence-electron chi connectivity index (χ3n) is 2.67. The smallest absolute Gasteiger partial charge is 0.258 e. The zero-order chi connectivity index (χ0) is 14.5. The standard InChI is InChI=1S/C12H18ClN7/c1-4-7-14-11-16-10(13)17-12(18-11)20-9(6-3)15-8(5-2)19-20/h4-7H2,1-3H3,(H,14,16,17,18). The first-order chi connectivity index (χ1) is 9.67. The first kappa shape index (κ1) is 14.6. The van der Waals surface area contributed by atoms with Crippen LogP contribution in [0.1, 0.15) is 38.8 Å². The minimum absolute atomic E-state index is 0.143. The Labute approximate surface area is 122 Å². The molecule has 0 radical (unpaired) electrons. The second-order valence-corrected chi connectivity index (χ2v) is 4.56. The molecule has 0 aliphatic rings. The van der Waals surface area contributed by atoms with E-state index in [0.717, 1.165) is 37.5 Å². The van der Waals surface area contributed by atoms with Crippen LogP contribution in [0, 0.1) is 0 Å². The van der Waals surface area contributed by atoms with Gasteiger partial charge < -0.3 is 5.32 Å². The molecular weight excluding hydrogens is 278 g/mol. The van der Waals surface area contributed by atoms with Crippen molar-refractivity contribution in [3.05, 3.63) is 16.9 Å². The molecule has 2 rings (SSSR count). The predicted molar refractivity (Wildman–Crippen MR) is 77.3 cm³/mol. The van der Waals surface area contributed by atoms with E-state index in [1.165, 1.54) is 0 Å². The number of nitrogens with one attached hydrogen (secondary N) is 1. The summed E-state index contributed by atoms with van der Waals surface area (Å²) < 4.78 is 1.63. The van der Waals surface area contributed by atoms with Gasteiger partial charge in [0.25, 0.3) is 5.95 Å². The van der Waals surface area contributed by atoms with E-state index in [4.69, 9.17) is 11.6 Å². The van der Waals surface area contributed by atoms with Crippen LogP contribution in [0.3, 0.4) is 0 Å². The van der Waals surface area contributed by atoms with Gasteiger partial charge in [-0.2, -0.15) is 19.6 Å². The summed E-state index contributed by atoms with van der Waals surface area (Å²) >= 11 is 5.95. The van der Waals surface area contributed by atoms with Crippen LogP contribution in [0.4, 0.5) is 5.95 Å². The van der Waals surface area contributed by atoms with Gasteiger partial charge in [-0.1, -0.05) is 20.8 Å². The van der Waals surface area contributed by atoms with Gasteiger partial charge in [0.1, 0.15) is 5.82 Å². The summed E-state index contributed by atoms with van der Waals surface area (Å²) in [7, 11) is 0. The molecule has 20 heavy (non-hydrogen) atoms. The van der Waals surface area contributed by atoms with Gasteiger partial charge in [0.2, 0.25) is 11.2 Å². The normalized spacial score (nSPS) is 10.8. The molecule has 108 valence electrons. The maximum Gasteiger partial charge on any atom is 0.258 e. The van der Waals surface area contributed by atoms with E-state index in [-0.39, 0.29) is 5.28 Å². The zero-order valence-electron chi connectivity index (χ0n) is 11.9. The molecule has 0 atom stereocenters. The number of aromatic nitrogens is 6. The Morgan fingerprint density at radius 2 is 1.85 bits per heavy atom. The third-order valence-corrected chi connectivity index (χ3v) is 2.84. The molecule has 0 aliphatic carbocycles. The first-order valence-electron chi connectivity index (χ1n) is 6.78. The maximum absolute atomic E-state index is 5.95. The fourth-order valence-corrected chi connectivity index (χ4v) is 1.84. The summed E-state index contributed by atoms with van der Waals surface area (Å²) in [6.07, 6.45) is 2.48. The Balaban J connectivity index is 2.40. The van der Waals surface area contributed by atoms with Gasteiger partial charge >= 0.3 is 0 Å². The van der Waals surface area contributed by atoms with Crippen LogP contribution < -0.4 is 5.32 Å². The molecule has 0 bridgehead atoms. The number of aryl methyl sites for hydroxylation is 2. The molecule has 0 saturated heterocycles. The molecule has 0 fully saturated rings. The van der Waals surface area contributed by atoms with Gasteiger partial charge in [-0.3, -0.25) is 0 Å². The number of hydrogen-bond acceptors (Lipinski definition) is 6. The highest BCUT2D eigenvalue weighted by atomic mass is 35.5. The van der Waals surface area contributed by atoms with Crippen molar-refractivity contribution in [2.75, 3.05) is 11.9 Å². The van der Waals surface area contributed by atoms with E-state index in [1.807, 2.05) is 13.8 Å². The van der Waals surface area contributed by atoms with Crippen LogP contribution in [0.2, 0.25) is 5.28 Å². The van der Waals surface area contributed by atoms with Crippen molar-refractivity contribution < 1.29 is 0 Å². The molecule has 2 aromatic rings. The summed E-state index contributed by atoms with van der Waals surface area (Å²) in [5.41, 5.74) is 0. The van der Waals surface area contributed by atoms with Crippen molar-refractivity contribution in [1.82, 2.24) is 29.7 Å². The van der Waals surface area contributed by atoms with Gasteiger partial charge in [0.05, 0.1) is 0 Å². The summed E-state index contributed by atoms with van der Waals surface area (Å²) in [5.74, 6) is 2.43. The van der Waals surface area contributed by atoms with Gasteiger partial charge in [0.15, 0.2) is 5.82 Å². The van der Waals surface area contributed by atoms with Crippen molar-refractivity contribution in [2.24, 2.45) is 0 Å². The van der Waals surface area contributed by atoms with Crippen molar-refractivity contribution in [3.8, 4) is 5.95 Å². The van der Waals surface area contributed by atoms with E-state index >= 15 is 0 Å². The van der Waals surface area contributed by atoms with E-state index in [9.17, 15) is 0 Å². The lowest BCUT2D eigenvalue weighted by atomic mass is 10.4. The Morgan fingerprint density at radius 1 is 1.05 bits per heavy atom. The largest absolute Gasteiger partial charge is 0.354 e. The van der Waals surface area contributed by atoms with Crippen molar-refractivity contribution in [3.63, 3.8) is 0 Å². The Bertz CT molecular complexity index is 581. The van der Waals surface area contributed by atoms with E-state index in [1.54, 1.807) is 4.68 Å². The minimum Gasteiger partial charge on any atom is -0.354 e. The number of nitrogens with zero attached hydrogens (tertiary/aromatic N) is 6. The fourth-order valence-electron chi connectivity index (χ4n) is 1.68. The number of hydrogen-bond donors (Lipinski definition) is 1. The Hall–Kier alpha value is -1.76. The van der Waals surface area contributed by atoms with Crippen LogP contribution in [0.5, 0.6) is 0 Å². The van der Waals surface area contributed by atoms with E-state index < -0.39 is 0 Å². The molecule has 1 N–H and O–H groups in total. The average molecular weight is 296 g/mol. The highest BCUT2D eigenvalue weighted by Crippen LogP contribution is 2.12. The predicted octanol–water partition coefficient (Wildman–Crippen LogP) is 2.05. The van der Waals surface area contributed by atoms with Gasteiger partial charge in [0, 0.05) is 19.4 Å². The van der Waals surface area contributed by atoms with Crippen molar-refractivity contribution in [2.45, 2.75) is 40.0 Å². The van der Waals surface area contributed by atoms with Crippen molar-refractivity contribution in [1.29, 1.82) is 0 Å². The van der Waals surface area contributed by atoms with Crippen LogP contribution in [-0.4, -0.2) is 36.3 Å². The topological polar surface area (TPSA) is 81.4 Å². The molecule has 8 heteroatoms. The molecule has 0 aliphatic heterocycles. The van der Waals surface area contributed by atoms with Crippen LogP contribution >= 0.6 is 11.6 Å². The number of anilines is 1. The first-order valence-corrected chi connectivity index (χ1v) is 7.16. The van der Waals surface area contributed by atoms with Gasteiger partial charge in [-0.25, -0.2) is 4.98 Å². The SMILES string of the molecule is CCCNc1nc(Cl)nc(-n2nc(CC)nc2CC)n1. The monoisotopic (exact) mass is 295 g/mol. The van der Waals surface area contributed by atoms with Crippen LogP contribution in [0.15, 0.2) is 0 Å². The van der Waals surface area contributed by atoms with E-state index in [2.05, 4.69) is 37.3 Å². The zero-order valence-corrected chi connectivity index (χ0v) is 12.6. The number of halogens is 1. The average Bonchev–Trinajstić information content (AvgIpc) is 2.88. The summed E-state index contributed by atoms with van der Waals surface area (Å²) in [6.45, 7) is 6.86. The maximum atomic E-state index is 5.95. The highest BCUT2D eigenvalue weighted by molar-refractivity contribution is 6.28. The second-order valence-electron chi connectivity index (χ2n) is 4.22. The molecule has 0 amide bonds. The third kappa shape index (κ3) is 3.22. The lowest BCUT2D eigenvalue weighted by Gasteiger charge is -2.06. The van der Waals surface area contributed by atoms with Gasteiger partial charge in [-0.15, -0.1) is 5.10 Å². The highest BCUT2D eigenvalue weighted by Gasteiger charge is 2.13. The van der Waals surface area contributed by atoms with Gasteiger partial charge in [-0.05, 0) is 18.0 Å². The number of rotatable bonds is 6. The Kier molecular flexibility index (Phi) is 4.84. The molecule has 7 nitrogen and oxygen atoms in total. The summed E-state index contributed by atoms with van der Waals surface area (Å²) in [5, 5.41) is 7.64. The molecule has 2 aromatic heterocycles. The molecule has 2 heterocycles. The summed E-state index contributed by atoms with van der Waals surface area (Å²) in [4.78, 5) is 17.0. The molecule has 0 saturated carbocycles.